The maximum atomic E-state index is 12.1. The van der Waals surface area contributed by atoms with Gasteiger partial charge in [0.15, 0.2) is 5.78 Å². The number of nitrogen functional groups attached to an aromatic ring is 1. The summed E-state index contributed by atoms with van der Waals surface area (Å²) in [5.41, 5.74) is 6.10. The number of nitrogens with zero attached hydrogens (tertiary/aromatic N) is 1. The normalized spacial score (nSPS) is 11.4. The quantitative estimate of drug-likeness (QED) is 0.852. The topological polar surface area (TPSA) is 76.2 Å². The molecule has 2 rings (SSSR count). The number of halogens is 1. The van der Waals surface area contributed by atoms with E-state index in [4.69, 9.17) is 17.3 Å². The second-order valence-electron chi connectivity index (χ2n) is 5.06. The Morgan fingerprint density at radius 1 is 1.35 bits per heavy atom. The molecule has 104 valence electrons. The predicted octanol–water partition coefficient (Wildman–Crippen LogP) is 2.94. The molecule has 20 heavy (non-hydrogen) atoms. The van der Waals surface area contributed by atoms with E-state index < -0.39 is 5.60 Å². The van der Waals surface area contributed by atoms with Gasteiger partial charge < -0.3 is 10.8 Å². The average molecular weight is 291 g/mol. The molecule has 0 radical (unpaired) electrons. The number of nitrogens with two attached hydrogens (primary N) is 1. The van der Waals surface area contributed by atoms with Gasteiger partial charge in [0.05, 0.1) is 5.02 Å². The molecule has 4 nitrogen and oxygen atoms in total. The Bertz CT molecular complexity index is 663. The molecule has 1 aromatic heterocycles. The fourth-order valence-corrected chi connectivity index (χ4v) is 2.07. The van der Waals surface area contributed by atoms with Gasteiger partial charge >= 0.3 is 0 Å². The van der Waals surface area contributed by atoms with E-state index >= 15 is 0 Å². The van der Waals surface area contributed by atoms with Crippen LogP contribution in [-0.4, -0.2) is 21.5 Å². The van der Waals surface area contributed by atoms with Crippen LogP contribution in [0.1, 0.15) is 24.2 Å². The van der Waals surface area contributed by atoms with Crippen molar-refractivity contribution in [3.05, 3.63) is 47.1 Å². The van der Waals surface area contributed by atoms with E-state index in [-0.39, 0.29) is 5.78 Å². The van der Waals surface area contributed by atoms with Crippen LogP contribution in [-0.2, 0) is 0 Å². The molecule has 0 atom stereocenters. The average Bonchev–Trinajstić information content (AvgIpc) is 2.40. The molecular formula is C15H15ClN2O2. The van der Waals surface area contributed by atoms with E-state index in [0.717, 1.165) is 5.56 Å². The molecular weight excluding hydrogens is 276 g/mol. The Morgan fingerprint density at radius 2 is 2.05 bits per heavy atom. The first-order valence-corrected chi connectivity index (χ1v) is 6.45. The molecule has 0 amide bonds. The third kappa shape index (κ3) is 2.98. The standard InChI is InChI=1S/C15H15ClN2O2/c1-15(2,20)14(19)10-5-3-4-9(6-10)11-7-13(17)18-8-12(11)16/h3-8,20H,1-2H3,(H2,17,18). The van der Waals surface area contributed by atoms with Gasteiger partial charge in [0.1, 0.15) is 11.4 Å². The van der Waals surface area contributed by atoms with Gasteiger partial charge in [-0.1, -0.05) is 29.8 Å². The van der Waals surface area contributed by atoms with Crippen molar-refractivity contribution in [2.45, 2.75) is 19.4 Å². The van der Waals surface area contributed by atoms with Gasteiger partial charge in [-0.2, -0.15) is 0 Å². The molecule has 0 bridgehead atoms. The first kappa shape index (κ1) is 14.5. The maximum Gasteiger partial charge on any atom is 0.193 e. The van der Waals surface area contributed by atoms with E-state index in [1.165, 1.54) is 20.0 Å². The largest absolute Gasteiger partial charge is 0.384 e. The number of anilines is 1. The first-order chi connectivity index (χ1) is 9.29. The predicted molar refractivity (Wildman–Crippen MR) is 79.7 cm³/mol. The molecule has 0 fully saturated rings. The van der Waals surface area contributed by atoms with E-state index in [2.05, 4.69) is 4.98 Å². The maximum absolute atomic E-state index is 12.1. The summed E-state index contributed by atoms with van der Waals surface area (Å²) in [4.78, 5) is 16.0. The summed E-state index contributed by atoms with van der Waals surface area (Å²) in [6.45, 7) is 2.92. The summed E-state index contributed by atoms with van der Waals surface area (Å²) in [6, 6.07) is 8.54. The van der Waals surface area contributed by atoms with Crippen molar-refractivity contribution < 1.29 is 9.90 Å². The zero-order valence-electron chi connectivity index (χ0n) is 11.2. The lowest BCUT2D eigenvalue weighted by Crippen LogP contribution is -2.31. The number of pyridine rings is 1. The lowest BCUT2D eigenvalue weighted by atomic mass is 9.94. The van der Waals surface area contributed by atoms with Crippen molar-refractivity contribution in [2.75, 3.05) is 5.73 Å². The zero-order chi connectivity index (χ0) is 14.9. The molecule has 0 aliphatic carbocycles. The number of aromatic nitrogens is 1. The molecule has 0 aliphatic heterocycles. The molecule has 2 aromatic rings. The Kier molecular flexibility index (Phi) is 3.79. The molecule has 3 N–H and O–H groups in total. The SMILES string of the molecule is CC(C)(O)C(=O)c1cccc(-c2cc(N)ncc2Cl)c1. The van der Waals surface area contributed by atoms with Crippen molar-refractivity contribution in [3.63, 3.8) is 0 Å². The minimum Gasteiger partial charge on any atom is -0.384 e. The number of carbonyl (C=O) groups excluding carboxylic acids is 1. The van der Waals surface area contributed by atoms with E-state index in [0.29, 0.717) is 22.0 Å². The van der Waals surface area contributed by atoms with E-state index in [9.17, 15) is 9.90 Å². The molecule has 1 heterocycles. The van der Waals surface area contributed by atoms with Crippen molar-refractivity contribution in [2.24, 2.45) is 0 Å². The van der Waals surface area contributed by atoms with Crippen LogP contribution in [0.3, 0.4) is 0 Å². The van der Waals surface area contributed by atoms with Gasteiger partial charge in [0.2, 0.25) is 0 Å². The van der Waals surface area contributed by atoms with Crippen LogP contribution in [0.15, 0.2) is 36.5 Å². The fraction of sp³-hybridized carbons (Fsp3) is 0.200. The number of ketones is 1. The van der Waals surface area contributed by atoms with Crippen LogP contribution in [0, 0.1) is 0 Å². The number of hydrogen-bond acceptors (Lipinski definition) is 4. The van der Waals surface area contributed by atoms with Gasteiger partial charge in [-0.3, -0.25) is 4.79 Å². The summed E-state index contributed by atoms with van der Waals surface area (Å²) in [5, 5.41) is 10.2. The molecule has 0 spiro atoms. The first-order valence-electron chi connectivity index (χ1n) is 6.07. The van der Waals surface area contributed by atoms with Crippen LogP contribution in [0.5, 0.6) is 0 Å². The van der Waals surface area contributed by atoms with Gasteiger partial charge in [0.25, 0.3) is 0 Å². The monoisotopic (exact) mass is 290 g/mol. The number of Topliss-reactive ketones (excluding diaryl/α,β-unsaturated/α-hetero) is 1. The van der Waals surface area contributed by atoms with Crippen molar-refractivity contribution in [3.8, 4) is 11.1 Å². The van der Waals surface area contributed by atoms with Crippen LogP contribution in [0.2, 0.25) is 5.02 Å². The highest BCUT2D eigenvalue weighted by atomic mass is 35.5. The highest BCUT2D eigenvalue weighted by Crippen LogP contribution is 2.29. The van der Waals surface area contributed by atoms with Crippen LogP contribution >= 0.6 is 11.6 Å². The summed E-state index contributed by atoms with van der Waals surface area (Å²) in [5.74, 6) is 0.00104. The number of aliphatic hydroxyl groups is 1. The second-order valence-corrected chi connectivity index (χ2v) is 5.47. The second kappa shape index (κ2) is 5.23. The van der Waals surface area contributed by atoms with E-state index in [1.54, 1.807) is 24.3 Å². The fourth-order valence-electron chi connectivity index (χ4n) is 1.86. The van der Waals surface area contributed by atoms with Gasteiger partial charge in [-0.05, 0) is 31.5 Å². The number of rotatable bonds is 3. The Hall–Kier alpha value is -1.91. The lowest BCUT2D eigenvalue weighted by Gasteiger charge is -2.16. The van der Waals surface area contributed by atoms with Gasteiger partial charge in [-0.25, -0.2) is 4.98 Å². The van der Waals surface area contributed by atoms with Crippen LogP contribution in [0.4, 0.5) is 5.82 Å². The minimum atomic E-state index is -1.42. The third-order valence-corrected chi connectivity index (χ3v) is 3.17. The van der Waals surface area contributed by atoms with Gasteiger partial charge in [0, 0.05) is 17.3 Å². The van der Waals surface area contributed by atoms with Crippen molar-refractivity contribution in [1.29, 1.82) is 0 Å². The Labute approximate surface area is 122 Å². The molecule has 5 heteroatoms. The molecule has 1 aromatic carbocycles. The zero-order valence-corrected chi connectivity index (χ0v) is 12.0. The van der Waals surface area contributed by atoms with Gasteiger partial charge in [-0.15, -0.1) is 0 Å². The molecule has 0 unspecified atom stereocenters. The van der Waals surface area contributed by atoms with Crippen LogP contribution in [0.25, 0.3) is 11.1 Å². The Balaban J connectivity index is 2.50. The number of hydrogen-bond donors (Lipinski definition) is 2. The lowest BCUT2D eigenvalue weighted by molar-refractivity contribution is 0.0488. The number of carbonyl (C=O) groups is 1. The molecule has 0 saturated carbocycles. The molecule has 0 aliphatic rings. The summed E-state index contributed by atoms with van der Waals surface area (Å²) < 4.78 is 0. The smallest absolute Gasteiger partial charge is 0.193 e. The van der Waals surface area contributed by atoms with E-state index in [1.807, 2.05) is 6.07 Å². The van der Waals surface area contributed by atoms with Crippen molar-refractivity contribution >= 4 is 23.2 Å². The summed E-state index contributed by atoms with van der Waals surface area (Å²) >= 11 is 6.10. The van der Waals surface area contributed by atoms with Crippen molar-refractivity contribution in [1.82, 2.24) is 4.98 Å². The summed E-state index contributed by atoms with van der Waals surface area (Å²) in [6.07, 6.45) is 1.47. The summed E-state index contributed by atoms with van der Waals surface area (Å²) in [7, 11) is 0. The highest BCUT2D eigenvalue weighted by molar-refractivity contribution is 6.33. The minimum absolute atomic E-state index is 0.350. The third-order valence-electron chi connectivity index (χ3n) is 2.87. The Morgan fingerprint density at radius 3 is 2.70 bits per heavy atom. The molecule has 0 saturated heterocycles. The highest BCUT2D eigenvalue weighted by Gasteiger charge is 2.25. The van der Waals surface area contributed by atoms with Crippen LogP contribution < -0.4 is 5.73 Å². The number of benzene rings is 1.